The number of aliphatic carboxylic acids is 1. The molecular formula is C14H25NO2. The third kappa shape index (κ3) is 3.70. The molecule has 1 N–H and O–H groups in total. The second kappa shape index (κ2) is 6.39. The van der Waals surface area contributed by atoms with Crippen molar-refractivity contribution in [2.24, 2.45) is 5.92 Å². The van der Waals surface area contributed by atoms with Crippen LogP contribution in [0, 0.1) is 5.92 Å². The summed E-state index contributed by atoms with van der Waals surface area (Å²) < 4.78 is 0. The van der Waals surface area contributed by atoms with Crippen LogP contribution in [0.15, 0.2) is 0 Å². The van der Waals surface area contributed by atoms with Crippen LogP contribution < -0.4 is 0 Å². The number of rotatable bonds is 4. The van der Waals surface area contributed by atoms with Crippen LogP contribution >= 0.6 is 0 Å². The molecular weight excluding hydrogens is 214 g/mol. The molecule has 98 valence electrons. The van der Waals surface area contributed by atoms with Crippen molar-refractivity contribution in [3.63, 3.8) is 0 Å². The number of nitrogens with zero attached hydrogens (tertiary/aromatic N) is 1. The van der Waals surface area contributed by atoms with Crippen LogP contribution in [0.25, 0.3) is 0 Å². The van der Waals surface area contributed by atoms with Crippen LogP contribution in [0.3, 0.4) is 0 Å². The van der Waals surface area contributed by atoms with Crippen LogP contribution in [0.5, 0.6) is 0 Å². The molecule has 3 heteroatoms. The third-order valence-corrected chi connectivity index (χ3v) is 4.44. The summed E-state index contributed by atoms with van der Waals surface area (Å²) in [4.78, 5) is 13.5. The first-order valence-corrected chi connectivity index (χ1v) is 7.23. The number of carboxylic acids is 1. The molecule has 1 atom stereocenters. The lowest BCUT2D eigenvalue weighted by Gasteiger charge is -2.33. The highest BCUT2D eigenvalue weighted by atomic mass is 16.4. The van der Waals surface area contributed by atoms with Crippen molar-refractivity contribution in [2.75, 3.05) is 13.1 Å². The fraction of sp³-hybridized carbons (Fsp3) is 0.929. The Morgan fingerprint density at radius 1 is 1.06 bits per heavy atom. The lowest BCUT2D eigenvalue weighted by molar-refractivity contribution is -0.139. The summed E-state index contributed by atoms with van der Waals surface area (Å²) in [7, 11) is 0. The highest BCUT2D eigenvalue weighted by Crippen LogP contribution is 2.31. The lowest BCUT2D eigenvalue weighted by Crippen LogP contribution is -2.40. The fourth-order valence-corrected chi connectivity index (χ4v) is 3.54. The second-order valence-electron chi connectivity index (χ2n) is 5.66. The zero-order chi connectivity index (χ0) is 12.1. The molecule has 0 radical (unpaired) electrons. The Hall–Kier alpha value is -0.570. The van der Waals surface area contributed by atoms with Crippen LogP contribution in [0.2, 0.25) is 0 Å². The van der Waals surface area contributed by atoms with Gasteiger partial charge < -0.3 is 5.11 Å². The van der Waals surface area contributed by atoms with Crippen molar-refractivity contribution in [3.8, 4) is 0 Å². The summed E-state index contributed by atoms with van der Waals surface area (Å²) in [5.41, 5.74) is 0. The smallest absolute Gasteiger partial charge is 0.304 e. The van der Waals surface area contributed by atoms with E-state index in [2.05, 4.69) is 4.90 Å². The Kier molecular flexibility index (Phi) is 4.84. The van der Waals surface area contributed by atoms with Gasteiger partial charge in [-0.05, 0) is 44.7 Å². The molecule has 2 rings (SSSR count). The normalized spacial score (nSPS) is 25.6. The third-order valence-electron chi connectivity index (χ3n) is 4.44. The lowest BCUT2D eigenvalue weighted by atomic mass is 9.89. The Balaban J connectivity index is 1.98. The van der Waals surface area contributed by atoms with E-state index < -0.39 is 5.97 Å². The maximum Gasteiger partial charge on any atom is 0.304 e. The zero-order valence-corrected chi connectivity index (χ0v) is 10.7. The van der Waals surface area contributed by atoms with Gasteiger partial charge in [-0.25, -0.2) is 0 Å². The molecule has 1 unspecified atom stereocenters. The van der Waals surface area contributed by atoms with Gasteiger partial charge in [-0.1, -0.05) is 25.7 Å². The quantitative estimate of drug-likeness (QED) is 0.767. The predicted molar refractivity (Wildman–Crippen MR) is 68.0 cm³/mol. The molecule has 1 aliphatic heterocycles. The van der Waals surface area contributed by atoms with E-state index in [1.165, 1.54) is 51.4 Å². The van der Waals surface area contributed by atoms with Gasteiger partial charge in [0.05, 0.1) is 6.42 Å². The summed E-state index contributed by atoms with van der Waals surface area (Å²) >= 11 is 0. The highest BCUT2D eigenvalue weighted by Gasteiger charge is 2.31. The summed E-state index contributed by atoms with van der Waals surface area (Å²) in [5, 5.41) is 9.12. The van der Waals surface area contributed by atoms with Gasteiger partial charge in [0.1, 0.15) is 0 Å². The van der Waals surface area contributed by atoms with E-state index in [4.69, 9.17) is 5.11 Å². The van der Waals surface area contributed by atoms with E-state index in [1.54, 1.807) is 0 Å². The number of carbonyl (C=O) groups is 1. The molecule has 0 amide bonds. The van der Waals surface area contributed by atoms with Crippen molar-refractivity contribution < 1.29 is 9.90 Å². The number of likely N-dealkylation sites (tertiary alicyclic amines) is 1. The van der Waals surface area contributed by atoms with Gasteiger partial charge in [-0.2, -0.15) is 0 Å². The molecule has 0 aromatic carbocycles. The van der Waals surface area contributed by atoms with Gasteiger partial charge in [-0.3, -0.25) is 9.69 Å². The average Bonchev–Trinajstić information content (AvgIpc) is 2.68. The molecule has 17 heavy (non-hydrogen) atoms. The van der Waals surface area contributed by atoms with Crippen LogP contribution in [0.1, 0.15) is 57.8 Å². The van der Waals surface area contributed by atoms with Gasteiger partial charge in [-0.15, -0.1) is 0 Å². The molecule has 0 aromatic rings. The van der Waals surface area contributed by atoms with E-state index in [1.807, 2.05) is 0 Å². The molecule has 1 aliphatic carbocycles. The average molecular weight is 239 g/mol. The molecule has 1 saturated carbocycles. The van der Waals surface area contributed by atoms with Crippen molar-refractivity contribution in [1.82, 2.24) is 4.90 Å². The van der Waals surface area contributed by atoms with Gasteiger partial charge in [0.2, 0.25) is 0 Å². The monoisotopic (exact) mass is 239 g/mol. The molecule has 2 fully saturated rings. The maximum atomic E-state index is 11.1. The standard InChI is InChI=1S/C14H25NO2/c16-14(17)11-13(15-9-5-6-10-15)12-7-3-1-2-4-8-12/h12-13H,1-11H2,(H,16,17). The largest absolute Gasteiger partial charge is 0.481 e. The van der Waals surface area contributed by atoms with Crippen LogP contribution in [0.4, 0.5) is 0 Å². The van der Waals surface area contributed by atoms with E-state index in [0.717, 1.165) is 13.1 Å². The first-order valence-electron chi connectivity index (χ1n) is 7.23. The zero-order valence-electron chi connectivity index (χ0n) is 10.7. The van der Waals surface area contributed by atoms with Crippen molar-refractivity contribution in [3.05, 3.63) is 0 Å². The van der Waals surface area contributed by atoms with Crippen molar-refractivity contribution in [1.29, 1.82) is 0 Å². The van der Waals surface area contributed by atoms with Crippen molar-refractivity contribution >= 4 is 5.97 Å². The van der Waals surface area contributed by atoms with Crippen LogP contribution in [-0.4, -0.2) is 35.1 Å². The summed E-state index contributed by atoms with van der Waals surface area (Å²) in [6, 6.07) is 0.313. The minimum absolute atomic E-state index is 0.313. The molecule has 3 nitrogen and oxygen atoms in total. The molecule has 1 saturated heterocycles. The van der Waals surface area contributed by atoms with E-state index in [-0.39, 0.29) is 0 Å². The first-order chi connectivity index (χ1) is 8.27. The van der Waals surface area contributed by atoms with Crippen LogP contribution in [-0.2, 0) is 4.79 Å². The summed E-state index contributed by atoms with van der Waals surface area (Å²) in [5.74, 6) is 0.0119. The summed E-state index contributed by atoms with van der Waals surface area (Å²) in [6.07, 6.45) is 10.6. The minimum Gasteiger partial charge on any atom is -0.481 e. The van der Waals surface area contributed by atoms with Gasteiger partial charge in [0.15, 0.2) is 0 Å². The van der Waals surface area contributed by atoms with E-state index >= 15 is 0 Å². The molecule has 1 heterocycles. The first kappa shape index (κ1) is 12.9. The molecule has 0 spiro atoms. The number of hydrogen-bond acceptors (Lipinski definition) is 2. The number of hydrogen-bond donors (Lipinski definition) is 1. The SMILES string of the molecule is O=C(O)CC(C1CCCCCC1)N1CCCC1. The Bertz CT molecular complexity index is 241. The number of carboxylic acid groups (broad SMARTS) is 1. The minimum atomic E-state index is -0.619. The molecule has 0 aromatic heterocycles. The molecule has 2 aliphatic rings. The Labute approximate surface area is 104 Å². The van der Waals surface area contributed by atoms with Gasteiger partial charge in [0, 0.05) is 6.04 Å². The Morgan fingerprint density at radius 2 is 1.65 bits per heavy atom. The van der Waals surface area contributed by atoms with Gasteiger partial charge >= 0.3 is 5.97 Å². The topological polar surface area (TPSA) is 40.5 Å². The predicted octanol–water partition coefficient (Wildman–Crippen LogP) is 2.90. The van der Waals surface area contributed by atoms with E-state index in [9.17, 15) is 4.79 Å². The Morgan fingerprint density at radius 3 is 2.18 bits per heavy atom. The second-order valence-corrected chi connectivity index (χ2v) is 5.66. The molecule has 0 bridgehead atoms. The fourth-order valence-electron chi connectivity index (χ4n) is 3.54. The summed E-state index contributed by atoms with van der Waals surface area (Å²) in [6.45, 7) is 2.24. The van der Waals surface area contributed by atoms with Gasteiger partial charge in [0.25, 0.3) is 0 Å². The van der Waals surface area contributed by atoms with E-state index in [0.29, 0.717) is 18.4 Å². The maximum absolute atomic E-state index is 11.1. The van der Waals surface area contributed by atoms with Crippen molar-refractivity contribution in [2.45, 2.75) is 63.8 Å². The highest BCUT2D eigenvalue weighted by molar-refractivity contribution is 5.67.